The molecule has 4 atom stereocenters. The zero-order valence-electron chi connectivity index (χ0n) is 9.89. The van der Waals surface area contributed by atoms with Crippen LogP contribution in [0.25, 0.3) is 10.8 Å². The molecule has 1 aliphatic carbocycles. The highest BCUT2D eigenvalue weighted by molar-refractivity contribution is 9.14. The SMILES string of the molecule is Brc1c2c(c(Br)c3ccccc13)[C@H](Br)[C@H](Br)[C@@H](Br)[C@H]2Br. The maximum absolute atomic E-state index is 3.84. The molecule has 0 radical (unpaired) electrons. The lowest BCUT2D eigenvalue weighted by Crippen LogP contribution is -2.30. The lowest BCUT2D eigenvalue weighted by atomic mass is 9.89. The Morgan fingerprint density at radius 3 is 1.35 bits per heavy atom. The number of fused-ring (bicyclic) bond motifs is 2. The second-order valence-electron chi connectivity index (χ2n) is 4.69. The molecular formula is C14H8Br6. The molecule has 2 aromatic carbocycles. The van der Waals surface area contributed by atoms with E-state index in [1.807, 2.05) is 0 Å². The molecule has 3 rings (SSSR count). The van der Waals surface area contributed by atoms with Crippen LogP contribution in [-0.2, 0) is 0 Å². The zero-order chi connectivity index (χ0) is 14.6. The largest absolute Gasteiger partial charge is 0.0862 e. The highest BCUT2D eigenvalue weighted by Crippen LogP contribution is 2.56. The van der Waals surface area contributed by atoms with Gasteiger partial charge in [-0.1, -0.05) is 88.0 Å². The van der Waals surface area contributed by atoms with E-state index in [9.17, 15) is 0 Å². The molecule has 1 aliphatic rings. The van der Waals surface area contributed by atoms with E-state index in [0.29, 0.717) is 9.65 Å². The maximum Gasteiger partial charge on any atom is 0.0546 e. The summed E-state index contributed by atoms with van der Waals surface area (Å²) < 4.78 is 2.34. The van der Waals surface area contributed by atoms with Crippen LogP contribution in [0.5, 0.6) is 0 Å². The number of rotatable bonds is 0. The number of benzene rings is 2. The summed E-state index contributed by atoms with van der Waals surface area (Å²) in [5, 5.41) is 2.46. The van der Waals surface area contributed by atoms with Crippen LogP contribution < -0.4 is 0 Å². The monoisotopic (exact) mass is 650 g/mol. The summed E-state index contributed by atoms with van der Waals surface area (Å²) in [4.78, 5) is 1.10. The Morgan fingerprint density at radius 1 is 0.650 bits per heavy atom. The van der Waals surface area contributed by atoms with Gasteiger partial charge in [-0.15, -0.1) is 0 Å². The molecule has 0 bridgehead atoms. The predicted octanol–water partition coefficient (Wildman–Crippen LogP) is 7.78. The normalized spacial score (nSPS) is 29.5. The van der Waals surface area contributed by atoms with Gasteiger partial charge in [-0.2, -0.15) is 0 Å². The van der Waals surface area contributed by atoms with Crippen molar-refractivity contribution in [2.24, 2.45) is 0 Å². The number of alkyl halides is 4. The van der Waals surface area contributed by atoms with Crippen molar-refractivity contribution in [1.82, 2.24) is 0 Å². The van der Waals surface area contributed by atoms with Gasteiger partial charge in [-0.05, 0) is 53.8 Å². The second-order valence-corrected chi connectivity index (χ2v) is 10.4. The topological polar surface area (TPSA) is 0 Å². The van der Waals surface area contributed by atoms with Crippen molar-refractivity contribution in [3.8, 4) is 0 Å². The molecule has 0 spiro atoms. The van der Waals surface area contributed by atoms with Crippen molar-refractivity contribution in [3.05, 3.63) is 44.3 Å². The fourth-order valence-corrected chi connectivity index (χ4v) is 8.37. The van der Waals surface area contributed by atoms with Crippen LogP contribution >= 0.6 is 95.6 Å². The minimum Gasteiger partial charge on any atom is -0.0862 e. The van der Waals surface area contributed by atoms with Crippen molar-refractivity contribution in [3.63, 3.8) is 0 Å². The van der Waals surface area contributed by atoms with Crippen LogP contribution in [-0.4, -0.2) is 9.65 Å². The Bertz CT molecular complexity index is 624. The molecule has 0 unspecified atom stereocenters. The van der Waals surface area contributed by atoms with Crippen LogP contribution in [0.2, 0.25) is 0 Å². The molecule has 0 nitrogen and oxygen atoms in total. The molecule has 0 heterocycles. The van der Waals surface area contributed by atoms with Crippen molar-refractivity contribution >= 4 is 106 Å². The first-order valence-electron chi connectivity index (χ1n) is 5.91. The third-order valence-corrected chi connectivity index (χ3v) is 11.7. The molecular weight excluding hydrogens is 648 g/mol. The summed E-state index contributed by atoms with van der Waals surface area (Å²) in [6, 6.07) is 8.44. The van der Waals surface area contributed by atoms with Crippen LogP contribution in [0.15, 0.2) is 33.2 Å². The summed E-state index contributed by atoms with van der Waals surface area (Å²) in [5.41, 5.74) is 2.60. The van der Waals surface area contributed by atoms with Gasteiger partial charge >= 0.3 is 0 Å². The highest BCUT2D eigenvalue weighted by atomic mass is 79.9. The standard InChI is InChI=1S/C14H8Br6/c15-9-5-3-1-2-4-6(5)10(16)8-7(9)11(17)13(19)14(20)12(8)18/h1-4,11-14H/t11-,12-,13-,14-/m0/s1. The molecule has 0 saturated heterocycles. The third kappa shape index (κ3) is 2.44. The minimum atomic E-state index is 0.242. The molecule has 0 N–H and O–H groups in total. The van der Waals surface area contributed by atoms with E-state index in [1.54, 1.807) is 0 Å². The molecule has 106 valence electrons. The first-order chi connectivity index (χ1) is 9.45. The van der Waals surface area contributed by atoms with Gasteiger partial charge in [0.05, 0.1) is 9.65 Å². The lowest BCUT2D eigenvalue weighted by Gasteiger charge is -2.36. The van der Waals surface area contributed by atoms with Crippen molar-refractivity contribution in [2.45, 2.75) is 19.3 Å². The van der Waals surface area contributed by atoms with Crippen molar-refractivity contribution in [1.29, 1.82) is 0 Å². The van der Waals surface area contributed by atoms with Gasteiger partial charge in [0.2, 0.25) is 0 Å². The van der Waals surface area contributed by atoms with Gasteiger partial charge in [0.25, 0.3) is 0 Å². The number of hydrogen-bond donors (Lipinski definition) is 0. The van der Waals surface area contributed by atoms with Gasteiger partial charge in [0.1, 0.15) is 0 Å². The van der Waals surface area contributed by atoms with Crippen LogP contribution in [0.1, 0.15) is 20.8 Å². The smallest absolute Gasteiger partial charge is 0.0546 e. The zero-order valence-corrected chi connectivity index (χ0v) is 19.4. The maximum atomic E-state index is 3.84. The fraction of sp³-hybridized carbons (Fsp3) is 0.286. The minimum absolute atomic E-state index is 0.242. The Balaban J connectivity index is 2.43. The Hall–Kier alpha value is 1.58. The quantitative estimate of drug-likeness (QED) is 0.255. The van der Waals surface area contributed by atoms with Gasteiger partial charge in [-0.25, -0.2) is 0 Å². The average molecular weight is 656 g/mol. The van der Waals surface area contributed by atoms with Crippen molar-refractivity contribution in [2.75, 3.05) is 0 Å². The van der Waals surface area contributed by atoms with Gasteiger partial charge in [0.15, 0.2) is 0 Å². The molecule has 0 saturated carbocycles. The van der Waals surface area contributed by atoms with E-state index in [2.05, 4.69) is 120 Å². The Kier molecular flexibility index (Phi) is 5.12. The summed E-state index contributed by atoms with van der Waals surface area (Å²) in [7, 11) is 0. The molecule has 0 aromatic heterocycles. The molecule has 2 aromatic rings. The van der Waals surface area contributed by atoms with Crippen LogP contribution in [0.3, 0.4) is 0 Å². The van der Waals surface area contributed by atoms with Gasteiger partial charge in [0, 0.05) is 18.6 Å². The van der Waals surface area contributed by atoms with E-state index in [4.69, 9.17) is 0 Å². The van der Waals surface area contributed by atoms with E-state index < -0.39 is 0 Å². The second kappa shape index (κ2) is 6.23. The Morgan fingerprint density at radius 2 is 1.00 bits per heavy atom. The van der Waals surface area contributed by atoms with E-state index in [1.165, 1.54) is 30.8 Å². The fourth-order valence-electron chi connectivity index (χ4n) is 2.57. The third-order valence-electron chi connectivity index (χ3n) is 3.58. The van der Waals surface area contributed by atoms with E-state index in [0.717, 1.165) is 0 Å². The van der Waals surface area contributed by atoms with Gasteiger partial charge < -0.3 is 0 Å². The molecule has 0 aliphatic heterocycles. The summed E-state index contributed by atoms with van der Waals surface area (Å²) in [6.45, 7) is 0. The number of hydrogen-bond acceptors (Lipinski definition) is 0. The van der Waals surface area contributed by atoms with Gasteiger partial charge in [-0.3, -0.25) is 0 Å². The van der Waals surface area contributed by atoms with E-state index in [-0.39, 0.29) is 9.65 Å². The highest BCUT2D eigenvalue weighted by Gasteiger charge is 2.41. The first-order valence-corrected chi connectivity index (χ1v) is 11.2. The average Bonchev–Trinajstić information content (AvgIpc) is 2.46. The number of halogens is 6. The van der Waals surface area contributed by atoms with Crippen molar-refractivity contribution < 1.29 is 0 Å². The molecule has 0 fully saturated rings. The molecule has 20 heavy (non-hydrogen) atoms. The summed E-state index contributed by atoms with van der Waals surface area (Å²) in [5.74, 6) is 0. The first kappa shape index (κ1) is 16.4. The summed E-state index contributed by atoms with van der Waals surface area (Å²) >= 11 is 22.9. The molecule has 6 heteroatoms. The van der Waals surface area contributed by atoms with E-state index >= 15 is 0 Å². The summed E-state index contributed by atoms with van der Waals surface area (Å²) in [6.07, 6.45) is 0. The Labute approximate surface area is 168 Å². The molecule has 0 amide bonds. The predicted molar refractivity (Wildman–Crippen MR) is 108 cm³/mol. The lowest BCUT2D eigenvalue weighted by molar-refractivity contribution is 0.725. The van der Waals surface area contributed by atoms with Crippen LogP contribution in [0.4, 0.5) is 0 Å². The van der Waals surface area contributed by atoms with Crippen LogP contribution in [0, 0.1) is 0 Å².